The van der Waals surface area contributed by atoms with Crippen LogP contribution in [0.4, 0.5) is 10.8 Å². The summed E-state index contributed by atoms with van der Waals surface area (Å²) in [6.45, 7) is 5.12. The molecule has 7 heteroatoms. The third-order valence-electron chi connectivity index (χ3n) is 4.14. The van der Waals surface area contributed by atoms with E-state index in [2.05, 4.69) is 20.3 Å². The van der Waals surface area contributed by atoms with Crippen LogP contribution in [0.15, 0.2) is 22.9 Å². The zero-order valence-electron chi connectivity index (χ0n) is 13.5. The van der Waals surface area contributed by atoms with E-state index in [0.29, 0.717) is 12.5 Å². The lowest BCUT2D eigenvalue weighted by Gasteiger charge is -2.32. The predicted octanol–water partition coefficient (Wildman–Crippen LogP) is 2.57. The summed E-state index contributed by atoms with van der Waals surface area (Å²) in [5.41, 5.74) is 0.790. The lowest BCUT2D eigenvalue weighted by Crippen LogP contribution is -2.43. The van der Waals surface area contributed by atoms with Crippen LogP contribution >= 0.6 is 0 Å². The zero-order chi connectivity index (χ0) is 16.2. The first-order valence-corrected chi connectivity index (χ1v) is 7.87. The van der Waals surface area contributed by atoms with Crippen molar-refractivity contribution in [2.45, 2.75) is 33.1 Å². The Morgan fingerprint density at radius 3 is 2.87 bits per heavy atom. The lowest BCUT2D eigenvalue weighted by molar-refractivity contribution is 0.176. The molecule has 0 saturated carbocycles. The van der Waals surface area contributed by atoms with Crippen molar-refractivity contribution in [1.82, 2.24) is 19.9 Å². The van der Waals surface area contributed by atoms with Gasteiger partial charge in [-0.15, -0.1) is 0 Å². The fourth-order valence-corrected chi connectivity index (χ4v) is 2.81. The van der Waals surface area contributed by atoms with Crippen LogP contribution in [-0.4, -0.2) is 39.0 Å². The minimum absolute atomic E-state index is 0.162. The van der Waals surface area contributed by atoms with Crippen LogP contribution in [0, 0.1) is 19.8 Å². The van der Waals surface area contributed by atoms with Crippen molar-refractivity contribution in [3.8, 4) is 0 Å². The molecular formula is C16H21N5O2. The van der Waals surface area contributed by atoms with Gasteiger partial charge in [-0.2, -0.15) is 4.98 Å². The smallest absolute Gasteiger partial charge is 0.325 e. The van der Waals surface area contributed by atoms with Gasteiger partial charge in [-0.05, 0) is 38.7 Å². The Morgan fingerprint density at radius 2 is 2.17 bits per heavy atom. The molecule has 23 heavy (non-hydrogen) atoms. The molecule has 3 heterocycles. The maximum absolute atomic E-state index is 12.4. The quantitative estimate of drug-likeness (QED) is 0.941. The van der Waals surface area contributed by atoms with E-state index in [-0.39, 0.29) is 12.0 Å². The standard InChI is InChI=1S/C16H21N5O2/c1-11-12(2)23-15(19-11)20-16(22)21-8-3-5-13(10-21)9-14-17-6-4-7-18-14/h4,6-7,13H,3,5,8-10H2,1-2H3,(H,19,20,22). The monoisotopic (exact) mass is 315 g/mol. The summed E-state index contributed by atoms with van der Waals surface area (Å²) in [6, 6.07) is 1.91. The van der Waals surface area contributed by atoms with Crippen molar-refractivity contribution < 1.29 is 9.21 Å². The molecule has 1 atom stereocenters. The highest BCUT2D eigenvalue weighted by Crippen LogP contribution is 2.21. The fourth-order valence-electron chi connectivity index (χ4n) is 2.81. The second-order valence-electron chi connectivity index (χ2n) is 5.91. The molecule has 1 N–H and O–H groups in total. The fraction of sp³-hybridized carbons (Fsp3) is 0.500. The van der Waals surface area contributed by atoms with Gasteiger partial charge >= 0.3 is 12.0 Å². The first kappa shape index (κ1) is 15.5. The third kappa shape index (κ3) is 3.85. The minimum atomic E-state index is -0.162. The summed E-state index contributed by atoms with van der Waals surface area (Å²) in [7, 11) is 0. The molecule has 2 aromatic rings. The Labute approximate surface area is 135 Å². The van der Waals surface area contributed by atoms with Crippen molar-refractivity contribution in [1.29, 1.82) is 0 Å². The van der Waals surface area contributed by atoms with Gasteiger partial charge in [-0.25, -0.2) is 14.8 Å². The number of carbonyl (C=O) groups is 1. The van der Waals surface area contributed by atoms with Crippen LogP contribution in [-0.2, 0) is 6.42 Å². The summed E-state index contributed by atoms with van der Waals surface area (Å²) in [6.07, 6.45) is 6.36. The average Bonchev–Trinajstić information content (AvgIpc) is 2.86. The number of aryl methyl sites for hydroxylation is 2. The zero-order valence-corrected chi connectivity index (χ0v) is 13.5. The number of oxazole rings is 1. The number of carbonyl (C=O) groups excluding carboxylic acids is 1. The van der Waals surface area contributed by atoms with E-state index >= 15 is 0 Å². The van der Waals surface area contributed by atoms with Crippen LogP contribution < -0.4 is 5.32 Å². The Bertz CT molecular complexity index is 651. The molecule has 1 aliphatic rings. The Kier molecular flexibility index (Phi) is 4.55. The van der Waals surface area contributed by atoms with E-state index in [9.17, 15) is 4.79 Å². The molecule has 0 spiro atoms. The molecular weight excluding hydrogens is 294 g/mol. The first-order chi connectivity index (χ1) is 11.1. The van der Waals surface area contributed by atoms with Gasteiger partial charge in [0.25, 0.3) is 0 Å². The Morgan fingerprint density at radius 1 is 1.39 bits per heavy atom. The largest absolute Gasteiger partial charge is 0.428 e. The number of nitrogens with zero attached hydrogens (tertiary/aromatic N) is 4. The second-order valence-corrected chi connectivity index (χ2v) is 5.91. The van der Waals surface area contributed by atoms with Gasteiger partial charge in [0.2, 0.25) is 0 Å². The van der Waals surface area contributed by atoms with Gasteiger partial charge in [0.05, 0.1) is 5.69 Å². The maximum Gasteiger partial charge on any atom is 0.325 e. The summed E-state index contributed by atoms with van der Waals surface area (Å²) < 4.78 is 5.41. The molecule has 122 valence electrons. The summed E-state index contributed by atoms with van der Waals surface area (Å²) in [5.74, 6) is 1.93. The number of hydrogen-bond acceptors (Lipinski definition) is 5. The average molecular weight is 315 g/mol. The van der Waals surface area contributed by atoms with E-state index in [1.54, 1.807) is 12.4 Å². The number of anilines is 1. The van der Waals surface area contributed by atoms with Crippen molar-refractivity contribution in [3.63, 3.8) is 0 Å². The van der Waals surface area contributed by atoms with E-state index in [1.165, 1.54) is 0 Å². The highest BCUT2D eigenvalue weighted by molar-refractivity contribution is 5.87. The van der Waals surface area contributed by atoms with Gasteiger partial charge in [0.1, 0.15) is 11.6 Å². The molecule has 0 aliphatic carbocycles. The van der Waals surface area contributed by atoms with Crippen molar-refractivity contribution in [2.24, 2.45) is 5.92 Å². The van der Waals surface area contributed by atoms with E-state index in [0.717, 1.165) is 43.1 Å². The van der Waals surface area contributed by atoms with Crippen LogP contribution in [0.1, 0.15) is 30.1 Å². The van der Waals surface area contributed by atoms with Gasteiger partial charge < -0.3 is 9.32 Å². The number of rotatable bonds is 3. The van der Waals surface area contributed by atoms with Gasteiger partial charge in [-0.3, -0.25) is 5.32 Å². The van der Waals surface area contributed by atoms with Gasteiger partial charge in [-0.1, -0.05) is 0 Å². The number of urea groups is 1. The SMILES string of the molecule is Cc1nc(NC(=O)N2CCCC(Cc3ncccn3)C2)oc1C. The van der Waals surface area contributed by atoms with E-state index in [1.807, 2.05) is 24.8 Å². The molecule has 0 aromatic carbocycles. The van der Waals surface area contributed by atoms with Gasteiger partial charge in [0, 0.05) is 31.9 Å². The maximum atomic E-state index is 12.4. The summed E-state index contributed by atoms with van der Waals surface area (Å²) in [4.78, 5) is 26.9. The van der Waals surface area contributed by atoms with Gasteiger partial charge in [0.15, 0.2) is 0 Å². The number of hydrogen-bond donors (Lipinski definition) is 1. The molecule has 2 amide bonds. The minimum Gasteiger partial charge on any atom is -0.428 e. The number of nitrogens with one attached hydrogen (secondary N) is 1. The van der Waals surface area contributed by atoms with E-state index < -0.39 is 0 Å². The van der Waals surface area contributed by atoms with Crippen LogP contribution in [0.2, 0.25) is 0 Å². The van der Waals surface area contributed by atoms with Crippen LogP contribution in [0.25, 0.3) is 0 Å². The molecule has 0 bridgehead atoms. The second kappa shape index (κ2) is 6.76. The molecule has 1 aliphatic heterocycles. The van der Waals surface area contributed by atoms with Crippen LogP contribution in [0.3, 0.4) is 0 Å². The van der Waals surface area contributed by atoms with E-state index in [4.69, 9.17) is 4.42 Å². The molecule has 1 saturated heterocycles. The van der Waals surface area contributed by atoms with Crippen LogP contribution in [0.5, 0.6) is 0 Å². The molecule has 2 aromatic heterocycles. The molecule has 1 fully saturated rings. The number of amides is 2. The highest BCUT2D eigenvalue weighted by Gasteiger charge is 2.25. The molecule has 0 radical (unpaired) electrons. The normalized spacial score (nSPS) is 18.0. The molecule has 7 nitrogen and oxygen atoms in total. The number of aromatic nitrogens is 3. The Hall–Kier alpha value is -2.44. The van der Waals surface area contributed by atoms with Crippen molar-refractivity contribution >= 4 is 12.0 Å². The summed E-state index contributed by atoms with van der Waals surface area (Å²) >= 11 is 0. The van der Waals surface area contributed by atoms with Crippen molar-refractivity contribution in [2.75, 3.05) is 18.4 Å². The predicted molar refractivity (Wildman–Crippen MR) is 85.0 cm³/mol. The number of likely N-dealkylation sites (tertiary alicyclic amines) is 1. The number of piperidine rings is 1. The third-order valence-corrected chi connectivity index (χ3v) is 4.14. The first-order valence-electron chi connectivity index (χ1n) is 7.87. The van der Waals surface area contributed by atoms with Crippen molar-refractivity contribution in [3.05, 3.63) is 35.7 Å². The highest BCUT2D eigenvalue weighted by atomic mass is 16.4. The topological polar surface area (TPSA) is 84.2 Å². The Balaban J connectivity index is 1.58. The summed E-state index contributed by atoms with van der Waals surface area (Å²) in [5, 5.41) is 2.74. The lowest BCUT2D eigenvalue weighted by atomic mass is 9.94. The molecule has 1 unspecified atom stereocenters. The molecule has 3 rings (SSSR count).